The van der Waals surface area contributed by atoms with Gasteiger partial charge in [-0.25, -0.2) is 0 Å². The molecule has 1 saturated heterocycles. The van der Waals surface area contributed by atoms with Crippen molar-refractivity contribution in [3.8, 4) is 11.1 Å². The van der Waals surface area contributed by atoms with E-state index in [1.165, 1.54) is 55.9 Å². The van der Waals surface area contributed by atoms with Crippen LogP contribution >= 0.6 is 0 Å². The monoisotopic (exact) mass is 374 g/mol. The van der Waals surface area contributed by atoms with E-state index in [4.69, 9.17) is 5.73 Å². The van der Waals surface area contributed by atoms with Crippen LogP contribution in [0.2, 0.25) is 0 Å². The first kappa shape index (κ1) is 17.4. The first-order valence-electron chi connectivity index (χ1n) is 10.3. The molecule has 2 aromatic heterocycles. The van der Waals surface area contributed by atoms with Crippen LogP contribution in [0.3, 0.4) is 0 Å². The number of benzene rings is 1. The SMILES string of the molecule is NC(=O)c1cncc(-c2ccc3[nH]cc(C[C@H]4CCCN4CC4CC4)c3c2)c1. The average Bonchev–Trinajstić information content (AvgIpc) is 3.28. The Kier molecular flexibility index (Phi) is 4.40. The number of aromatic amines is 1. The molecule has 5 heteroatoms. The van der Waals surface area contributed by atoms with Crippen molar-refractivity contribution in [2.75, 3.05) is 13.1 Å². The number of pyridine rings is 1. The molecule has 144 valence electrons. The Hall–Kier alpha value is -2.66. The van der Waals surface area contributed by atoms with Crippen molar-refractivity contribution in [2.45, 2.75) is 38.1 Å². The number of nitrogens with zero attached hydrogens (tertiary/aromatic N) is 2. The first-order chi connectivity index (χ1) is 13.7. The van der Waals surface area contributed by atoms with E-state index < -0.39 is 5.91 Å². The van der Waals surface area contributed by atoms with E-state index in [2.05, 4.69) is 39.3 Å². The van der Waals surface area contributed by atoms with Gasteiger partial charge in [-0.1, -0.05) is 6.07 Å². The summed E-state index contributed by atoms with van der Waals surface area (Å²) in [6, 6.07) is 8.87. The molecule has 0 spiro atoms. The van der Waals surface area contributed by atoms with E-state index in [0.29, 0.717) is 11.6 Å². The van der Waals surface area contributed by atoms with Crippen molar-refractivity contribution in [3.63, 3.8) is 0 Å². The van der Waals surface area contributed by atoms with Crippen LogP contribution in [-0.4, -0.2) is 39.9 Å². The number of likely N-dealkylation sites (tertiary alicyclic amines) is 1. The van der Waals surface area contributed by atoms with Crippen molar-refractivity contribution in [1.29, 1.82) is 0 Å². The van der Waals surface area contributed by atoms with Gasteiger partial charge in [-0.2, -0.15) is 0 Å². The van der Waals surface area contributed by atoms with Gasteiger partial charge in [0.05, 0.1) is 5.56 Å². The Morgan fingerprint density at radius 2 is 2.07 bits per heavy atom. The van der Waals surface area contributed by atoms with E-state index in [1.807, 2.05) is 6.07 Å². The molecule has 28 heavy (non-hydrogen) atoms. The first-order valence-corrected chi connectivity index (χ1v) is 10.3. The highest BCUT2D eigenvalue weighted by atomic mass is 16.1. The molecule has 1 amide bonds. The van der Waals surface area contributed by atoms with E-state index in [-0.39, 0.29) is 0 Å². The standard InChI is InChI=1S/C23H26N4O/c24-23(28)19-8-17(11-25-12-19)16-5-6-22-21(10-16)18(13-26-22)9-20-2-1-7-27(20)14-15-3-4-15/h5-6,8,10-13,15,20,26H,1-4,7,9,14H2,(H2,24,28)/t20-/m1/s1. The van der Waals surface area contributed by atoms with Crippen molar-refractivity contribution < 1.29 is 4.79 Å². The molecule has 1 aliphatic heterocycles. The van der Waals surface area contributed by atoms with Gasteiger partial charge in [0.25, 0.3) is 0 Å². The summed E-state index contributed by atoms with van der Waals surface area (Å²) in [6.07, 6.45) is 12.0. The lowest BCUT2D eigenvalue weighted by Gasteiger charge is -2.24. The van der Waals surface area contributed by atoms with E-state index >= 15 is 0 Å². The number of rotatable bonds is 6. The molecule has 0 unspecified atom stereocenters. The number of fused-ring (bicyclic) bond motifs is 1. The van der Waals surface area contributed by atoms with Gasteiger partial charge in [0.2, 0.25) is 5.91 Å². The zero-order valence-electron chi connectivity index (χ0n) is 16.0. The third kappa shape index (κ3) is 3.42. The maximum atomic E-state index is 11.5. The molecular formula is C23H26N4O. The second kappa shape index (κ2) is 7.06. The number of amides is 1. The number of hydrogen-bond acceptors (Lipinski definition) is 3. The molecule has 5 rings (SSSR count). The Morgan fingerprint density at radius 1 is 1.18 bits per heavy atom. The van der Waals surface area contributed by atoms with Gasteiger partial charge >= 0.3 is 0 Å². The van der Waals surface area contributed by atoms with Crippen LogP contribution in [0, 0.1) is 5.92 Å². The molecular weight excluding hydrogens is 348 g/mol. The number of nitrogens with one attached hydrogen (secondary N) is 1. The summed E-state index contributed by atoms with van der Waals surface area (Å²) in [5.74, 6) is 0.495. The molecule has 5 nitrogen and oxygen atoms in total. The van der Waals surface area contributed by atoms with Crippen molar-refractivity contribution in [3.05, 3.63) is 54.0 Å². The average molecular weight is 374 g/mol. The van der Waals surface area contributed by atoms with E-state index in [0.717, 1.165) is 29.0 Å². The molecule has 2 aliphatic rings. The maximum absolute atomic E-state index is 11.5. The van der Waals surface area contributed by atoms with Crippen molar-refractivity contribution in [1.82, 2.24) is 14.9 Å². The van der Waals surface area contributed by atoms with E-state index in [1.54, 1.807) is 6.20 Å². The third-order valence-electron chi connectivity index (χ3n) is 6.27. The van der Waals surface area contributed by atoms with Crippen LogP contribution in [0.5, 0.6) is 0 Å². The van der Waals surface area contributed by atoms with Gasteiger partial charge in [0, 0.05) is 47.6 Å². The van der Waals surface area contributed by atoms with Gasteiger partial charge in [-0.15, -0.1) is 0 Å². The number of carbonyl (C=O) groups is 1. The van der Waals surface area contributed by atoms with Crippen LogP contribution < -0.4 is 5.73 Å². The van der Waals surface area contributed by atoms with Crippen LogP contribution in [0.15, 0.2) is 42.9 Å². The Labute approximate surface area is 164 Å². The van der Waals surface area contributed by atoms with Gasteiger partial charge in [-0.05, 0) is 73.9 Å². The maximum Gasteiger partial charge on any atom is 0.250 e. The molecule has 1 atom stereocenters. The van der Waals surface area contributed by atoms with E-state index in [9.17, 15) is 4.79 Å². The minimum Gasteiger partial charge on any atom is -0.366 e. The van der Waals surface area contributed by atoms with Gasteiger partial charge in [0.15, 0.2) is 0 Å². The topological polar surface area (TPSA) is 75.0 Å². The fraction of sp³-hybridized carbons (Fsp3) is 0.391. The smallest absolute Gasteiger partial charge is 0.250 e. The van der Waals surface area contributed by atoms with Crippen LogP contribution in [0.1, 0.15) is 41.6 Å². The second-order valence-corrected chi connectivity index (χ2v) is 8.34. The summed E-state index contributed by atoms with van der Waals surface area (Å²) in [5.41, 5.74) is 10.4. The minimum atomic E-state index is -0.449. The summed E-state index contributed by atoms with van der Waals surface area (Å²) in [5, 5.41) is 1.26. The Morgan fingerprint density at radius 3 is 2.89 bits per heavy atom. The van der Waals surface area contributed by atoms with Crippen LogP contribution in [0.25, 0.3) is 22.0 Å². The lowest BCUT2D eigenvalue weighted by molar-refractivity contribution is 0.1000. The second-order valence-electron chi connectivity index (χ2n) is 8.34. The molecule has 1 aromatic carbocycles. The van der Waals surface area contributed by atoms with Crippen molar-refractivity contribution in [2.24, 2.45) is 11.7 Å². The Balaban J connectivity index is 1.43. The summed E-state index contributed by atoms with van der Waals surface area (Å²) >= 11 is 0. The number of primary amides is 1. The van der Waals surface area contributed by atoms with Gasteiger partial charge in [0.1, 0.15) is 0 Å². The summed E-state index contributed by atoms with van der Waals surface area (Å²) in [4.78, 5) is 21.8. The molecule has 0 radical (unpaired) electrons. The fourth-order valence-electron chi connectivity index (χ4n) is 4.51. The number of hydrogen-bond donors (Lipinski definition) is 2. The number of carbonyl (C=O) groups excluding carboxylic acids is 1. The Bertz CT molecular complexity index is 1020. The van der Waals surface area contributed by atoms with Gasteiger partial charge < -0.3 is 10.7 Å². The van der Waals surface area contributed by atoms with Crippen LogP contribution in [-0.2, 0) is 6.42 Å². The fourth-order valence-corrected chi connectivity index (χ4v) is 4.51. The molecule has 2 fully saturated rings. The highest BCUT2D eigenvalue weighted by molar-refractivity contribution is 5.94. The number of H-pyrrole nitrogens is 1. The molecule has 3 aromatic rings. The summed E-state index contributed by atoms with van der Waals surface area (Å²) in [7, 11) is 0. The normalized spacial score (nSPS) is 20.1. The third-order valence-corrected chi connectivity index (χ3v) is 6.27. The van der Waals surface area contributed by atoms with Gasteiger partial charge in [-0.3, -0.25) is 14.7 Å². The molecule has 3 heterocycles. The zero-order chi connectivity index (χ0) is 19.1. The minimum absolute atomic E-state index is 0.438. The zero-order valence-corrected chi connectivity index (χ0v) is 16.0. The van der Waals surface area contributed by atoms with Crippen molar-refractivity contribution >= 4 is 16.8 Å². The molecule has 3 N–H and O–H groups in total. The molecule has 0 bridgehead atoms. The highest BCUT2D eigenvalue weighted by Crippen LogP contribution is 2.34. The van der Waals surface area contributed by atoms with Crippen LogP contribution in [0.4, 0.5) is 0 Å². The largest absolute Gasteiger partial charge is 0.366 e. The highest BCUT2D eigenvalue weighted by Gasteiger charge is 2.31. The quantitative estimate of drug-likeness (QED) is 0.690. The molecule has 1 saturated carbocycles. The summed E-state index contributed by atoms with van der Waals surface area (Å²) < 4.78 is 0. The lowest BCUT2D eigenvalue weighted by atomic mass is 9.99. The predicted molar refractivity (Wildman–Crippen MR) is 111 cm³/mol. The summed E-state index contributed by atoms with van der Waals surface area (Å²) in [6.45, 7) is 2.53. The lowest BCUT2D eigenvalue weighted by Crippen LogP contribution is -2.32. The number of nitrogens with two attached hydrogens (primary N) is 1. The molecule has 1 aliphatic carbocycles. The number of aromatic nitrogens is 2. The predicted octanol–water partition coefficient (Wildman–Crippen LogP) is 3.75.